The van der Waals surface area contributed by atoms with Crippen molar-refractivity contribution in [2.75, 3.05) is 7.11 Å². The van der Waals surface area contributed by atoms with Crippen LogP contribution in [0.25, 0.3) is 0 Å². The van der Waals surface area contributed by atoms with Crippen LogP contribution in [0, 0.1) is 5.82 Å². The molecule has 0 radical (unpaired) electrons. The van der Waals surface area contributed by atoms with E-state index in [4.69, 9.17) is 22.1 Å². The summed E-state index contributed by atoms with van der Waals surface area (Å²) in [5.41, 5.74) is 6.17. The summed E-state index contributed by atoms with van der Waals surface area (Å²) in [6.45, 7) is 3.93. The molecular weight excluding hydrogens is 241 g/mol. The Bertz CT molecular complexity index is 380. The molecule has 1 rings (SSSR count). The molecule has 0 heterocycles. The second-order valence-electron chi connectivity index (χ2n) is 4.42. The van der Waals surface area contributed by atoms with E-state index in [1.807, 2.05) is 13.8 Å². The quantitative estimate of drug-likeness (QED) is 0.882. The van der Waals surface area contributed by atoms with E-state index < -0.39 is 5.60 Å². The summed E-state index contributed by atoms with van der Waals surface area (Å²) >= 11 is 5.84. The van der Waals surface area contributed by atoms with Crippen molar-refractivity contribution in [2.24, 2.45) is 5.73 Å². The third-order valence-corrected chi connectivity index (χ3v) is 3.64. The van der Waals surface area contributed by atoms with Gasteiger partial charge in [0.1, 0.15) is 5.82 Å². The average molecular weight is 260 g/mol. The number of hydrogen-bond acceptors (Lipinski definition) is 2. The fourth-order valence-electron chi connectivity index (χ4n) is 1.71. The molecule has 0 saturated heterocycles. The van der Waals surface area contributed by atoms with Gasteiger partial charge in [0.2, 0.25) is 0 Å². The van der Waals surface area contributed by atoms with Gasteiger partial charge in [-0.3, -0.25) is 0 Å². The second-order valence-corrected chi connectivity index (χ2v) is 4.85. The van der Waals surface area contributed by atoms with E-state index in [2.05, 4.69) is 0 Å². The minimum Gasteiger partial charge on any atom is -0.377 e. The molecular formula is C13H19ClFNO. The smallest absolute Gasteiger partial charge is 0.126 e. The number of benzene rings is 1. The summed E-state index contributed by atoms with van der Waals surface area (Å²) in [6, 6.07) is 4.23. The van der Waals surface area contributed by atoms with E-state index >= 15 is 0 Å². The molecule has 0 saturated carbocycles. The first-order valence-electron chi connectivity index (χ1n) is 5.67. The number of hydrogen-bond donors (Lipinski definition) is 1. The van der Waals surface area contributed by atoms with Crippen LogP contribution < -0.4 is 5.73 Å². The van der Waals surface area contributed by atoms with Gasteiger partial charge in [0.15, 0.2) is 0 Å². The van der Waals surface area contributed by atoms with Crippen molar-refractivity contribution in [3.8, 4) is 0 Å². The number of halogens is 2. The molecule has 2 N–H and O–H groups in total. The molecule has 0 fully saturated rings. The fourth-order valence-corrected chi connectivity index (χ4v) is 1.91. The van der Waals surface area contributed by atoms with Crippen LogP contribution in [0.5, 0.6) is 0 Å². The van der Waals surface area contributed by atoms with Gasteiger partial charge in [-0.05, 0) is 43.5 Å². The lowest BCUT2D eigenvalue weighted by molar-refractivity contribution is -0.0186. The second kappa shape index (κ2) is 5.80. The van der Waals surface area contributed by atoms with Crippen molar-refractivity contribution < 1.29 is 9.13 Å². The van der Waals surface area contributed by atoms with Gasteiger partial charge in [0.25, 0.3) is 0 Å². The van der Waals surface area contributed by atoms with Crippen LogP contribution in [-0.2, 0) is 11.2 Å². The maximum atomic E-state index is 13.6. The first-order valence-corrected chi connectivity index (χ1v) is 6.05. The van der Waals surface area contributed by atoms with Crippen molar-refractivity contribution in [3.63, 3.8) is 0 Å². The Labute approximate surface area is 107 Å². The Kier molecular flexibility index (Phi) is 4.92. The minimum atomic E-state index is -0.450. The summed E-state index contributed by atoms with van der Waals surface area (Å²) in [6.07, 6.45) is 1.18. The Morgan fingerprint density at radius 3 is 2.71 bits per heavy atom. The van der Waals surface area contributed by atoms with Crippen LogP contribution in [0.3, 0.4) is 0 Å². The minimum absolute atomic E-state index is 0.273. The van der Waals surface area contributed by atoms with Crippen LogP contribution in [-0.4, -0.2) is 18.8 Å². The maximum Gasteiger partial charge on any atom is 0.126 e. The topological polar surface area (TPSA) is 35.2 Å². The average Bonchev–Trinajstić information content (AvgIpc) is 2.32. The highest BCUT2D eigenvalue weighted by molar-refractivity contribution is 6.30. The van der Waals surface area contributed by atoms with Gasteiger partial charge in [-0.25, -0.2) is 4.39 Å². The molecule has 1 aromatic rings. The van der Waals surface area contributed by atoms with Gasteiger partial charge in [-0.1, -0.05) is 18.5 Å². The molecule has 1 aromatic carbocycles. The third kappa shape index (κ3) is 3.41. The molecule has 0 amide bonds. The first-order chi connectivity index (χ1) is 7.92. The molecule has 4 heteroatoms. The molecule has 2 atom stereocenters. The first kappa shape index (κ1) is 14.4. The van der Waals surface area contributed by atoms with Crippen LogP contribution in [0.1, 0.15) is 25.8 Å². The molecule has 96 valence electrons. The normalized spacial score (nSPS) is 16.6. The van der Waals surface area contributed by atoms with Crippen LogP contribution in [0.4, 0.5) is 4.39 Å². The lowest BCUT2D eigenvalue weighted by Crippen LogP contribution is -2.48. The highest BCUT2D eigenvalue weighted by atomic mass is 35.5. The largest absolute Gasteiger partial charge is 0.377 e. The van der Waals surface area contributed by atoms with Crippen LogP contribution >= 0.6 is 11.6 Å². The van der Waals surface area contributed by atoms with Gasteiger partial charge in [0.05, 0.1) is 5.60 Å². The number of ether oxygens (including phenoxy) is 1. The van der Waals surface area contributed by atoms with Crippen molar-refractivity contribution in [1.29, 1.82) is 0 Å². The molecule has 2 nitrogen and oxygen atoms in total. The van der Waals surface area contributed by atoms with Gasteiger partial charge in [-0.2, -0.15) is 0 Å². The van der Waals surface area contributed by atoms with Gasteiger partial charge in [0, 0.05) is 18.2 Å². The standard InChI is InChI=1S/C13H19ClFNO/c1-4-13(2,17-3)12(16)8-9-7-10(14)5-6-11(9)15/h5-7,12H,4,8,16H2,1-3H3. The maximum absolute atomic E-state index is 13.6. The summed E-state index contributed by atoms with van der Waals surface area (Å²) in [5.74, 6) is -0.278. The zero-order valence-electron chi connectivity index (χ0n) is 10.5. The summed E-state index contributed by atoms with van der Waals surface area (Å²) < 4.78 is 19.0. The summed E-state index contributed by atoms with van der Waals surface area (Å²) in [5, 5.41) is 0.518. The highest BCUT2D eigenvalue weighted by Crippen LogP contribution is 2.23. The Balaban J connectivity index is 2.87. The number of nitrogens with two attached hydrogens (primary N) is 1. The SMILES string of the molecule is CCC(C)(OC)C(N)Cc1cc(Cl)ccc1F. The molecule has 17 heavy (non-hydrogen) atoms. The van der Waals surface area contributed by atoms with E-state index in [-0.39, 0.29) is 11.9 Å². The predicted molar refractivity (Wildman–Crippen MR) is 68.8 cm³/mol. The monoisotopic (exact) mass is 259 g/mol. The lowest BCUT2D eigenvalue weighted by atomic mass is 9.89. The van der Waals surface area contributed by atoms with Crippen LogP contribution in [0.2, 0.25) is 5.02 Å². The number of rotatable bonds is 5. The molecule has 0 aliphatic carbocycles. The Morgan fingerprint density at radius 2 is 2.18 bits per heavy atom. The number of methoxy groups -OCH3 is 1. The van der Waals surface area contributed by atoms with E-state index in [0.29, 0.717) is 17.0 Å². The Morgan fingerprint density at radius 1 is 1.53 bits per heavy atom. The predicted octanol–water partition coefficient (Wildman–Crippen LogP) is 3.16. The zero-order chi connectivity index (χ0) is 13.1. The highest BCUT2D eigenvalue weighted by Gasteiger charge is 2.30. The van der Waals surface area contributed by atoms with Crippen molar-refractivity contribution >= 4 is 11.6 Å². The molecule has 0 aliphatic heterocycles. The van der Waals surface area contributed by atoms with E-state index in [1.165, 1.54) is 12.1 Å². The molecule has 0 bridgehead atoms. The van der Waals surface area contributed by atoms with E-state index in [9.17, 15) is 4.39 Å². The van der Waals surface area contributed by atoms with Gasteiger partial charge < -0.3 is 10.5 Å². The zero-order valence-corrected chi connectivity index (χ0v) is 11.2. The summed E-state index contributed by atoms with van der Waals surface area (Å²) in [4.78, 5) is 0. The molecule has 2 unspecified atom stereocenters. The Hall–Kier alpha value is -0.640. The lowest BCUT2D eigenvalue weighted by Gasteiger charge is -2.33. The van der Waals surface area contributed by atoms with E-state index in [1.54, 1.807) is 13.2 Å². The van der Waals surface area contributed by atoms with Crippen molar-refractivity contribution in [3.05, 3.63) is 34.6 Å². The van der Waals surface area contributed by atoms with E-state index in [0.717, 1.165) is 6.42 Å². The summed E-state index contributed by atoms with van der Waals surface area (Å²) in [7, 11) is 1.62. The van der Waals surface area contributed by atoms with Crippen molar-refractivity contribution in [2.45, 2.75) is 38.3 Å². The third-order valence-electron chi connectivity index (χ3n) is 3.40. The van der Waals surface area contributed by atoms with Gasteiger partial charge in [-0.15, -0.1) is 0 Å². The molecule has 0 aliphatic rings. The fraction of sp³-hybridized carbons (Fsp3) is 0.538. The van der Waals surface area contributed by atoms with Crippen molar-refractivity contribution in [1.82, 2.24) is 0 Å². The van der Waals surface area contributed by atoms with Gasteiger partial charge >= 0.3 is 0 Å². The molecule has 0 spiro atoms. The van der Waals surface area contributed by atoms with Crippen LogP contribution in [0.15, 0.2) is 18.2 Å². The molecule has 0 aromatic heterocycles.